The molecule has 0 aromatic heterocycles. The summed E-state index contributed by atoms with van der Waals surface area (Å²) in [6.07, 6.45) is 0. The molecule has 0 N–H and O–H groups in total. The Morgan fingerprint density at radius 2 is 2.38 bits per heavy atom. The summed E-state index contributed by atoms with van der Waals surface area (Å²) in [5.41, 5.74) is 0.869. The van der Waals surface area contributed by atoms with Crippen molar-refractivity contribution in [2.24, 2.45) is 0 Å². The van der Waals surface area contributed by atoms with Gasteiger partial charge in [0.1, 0.15) is 18.2 Å². The van der Waals surface area contributed by atoms with Gasteiger partial charge < -0.3 is 9.64 Å². The van der Waals surface area contributed by atoms with Gasteiger partial charge >= 0.3 is 0 Å². The topological polar surface area (TPSA) is 12.5 Å². The van der Waals surface area contributed by atoms with Gasteiger partial charge in [-0.05, 0) is 19.1 Å². The van der Waals surface area contributed by atoms with Crippen LogP contribution in [0.15, 0.2) is 18.2 Å². The fourth-order valence-electron chi connectivity index (χ4n) is 1.57. The Hall–Kier alpha value is -1.25. The first-order chi connectivity index (χ1) is 6.31. The van der Waals surface area contributed by atoms with E-state index in [4.69, 9.17) is 4.74 Å². The maximum Gasteiger partial charge on any atom is 0.142 e. The molecule has 0 fully saturated rings. The first kappa shape index (κ1) is 8.35. The molecule has 0 radical (unpaired) electrons. The van der Waals surface area contributed by atoms with E-state index in [1.165, 1.54) is 12.1 Å². The fourth-order valence-corrected chi connectivity index (χ4v) is 1.57. The Kier molecular flexibility index (Phi) is 2.08. The monoisotopic (exact) mass is 181 g/mol. The molecule has 1 aliphatic heterocycles. The number of anilines is 1. The van der Waals surface area contributed by atoms with Gasteiger partial charge in [-0.2, -0.15) is 0 Å². The van der Waals surface area contributed by atoms with Crippen LogP contribution in [0.3, 0.4) is 0 Å². The van der Waals surface area contributed by atoms with Crippen LogP contribution in [0.1, 0.15) is 6.92 Å². The average Bonchev–Trinajstić information content (AvgIpc) is 2.17. The van der Waals surface area contributed by atoms with Crippen molar-refractivity contribution in [2.75, 3.05) is 24.6 Å². The van der Waals surface area contributed by atoms with Crippen molar-refractivity contribution in [1.82, 2.24) is 0 Å². The highest BCUT2D eigenvalue weighted by atomic mass is 19.1. The second kappa shape index (κ2) is 3.24. The highest BCUT2D eigenvalue weighted by Gasteiger charge is 2.16. The van der Waals surface area contributed by atoms with E-state index in [-0.39, 0.29) is 5.82 Å². The summed E-state index contributed by atoms with van der Waals surface area (Å²) in [7, 11) is 0. The Balaban J connectivity index is 2.41. The Morgan fingerprint density at radius 1 is 1.54 bits per heavy atom. The Bertz CT molecular complexity index is 314. The van der Waals surface area contributed by atoms with Crippen LogP contribution in [0.25, 0.3) is 0 Å². The smallest absolute Gasteiger partial charge is 0.142 e. The fraction of sp³-hybridized carbons (Fsp3) is 0.400. The molecule has 0 aliphatic carbocycles. The molecular formula is C10H12FNO. The zero-order valence-electron chi connectivity index (χ0n) is 7.59. The highest BCUT2D eigenvalue weighted by Crippen LogP contribution is 2.31. The van der Waals surface area contributed by atoms with Crippen molar-refractivity contribution in [1.29, 1.82) is 0 Å². The van der Waals surface area contributed by atoms with Crippen molar-refractivity contribution in [3.8, 4) is 5.75 Å². The van der Waals surface area contributed by atoms with Crippen LogP contribution in [0.4, 0.5) is 10.1 Å². The van der Waals surface area contributed by atoms with Crippen molar-refractivity contribution in [3.63, 3.8) is 0 Å². The molecule has 1 aliphatic rings. The van der Waals surface area contributed by atoms with Gasteiger partial charge in [0, 0.05) is 12.6 Å². The predicted octanol–water partition coefficient (Wildman–Crippen LogP) is 2.04. The number of halogens is 1. The average molecular weight is 181 g/mol. The molecule has 1 heterocycles. The molecule has 0 saturated heterocycles. The Labute approximate surface area is 76.9 Å². The van der Waals surface area contributed by atoms with Crippen LogP contribution in [-0.2, 0) is 0 Å². The van der Waals surface area contributed by atoms with Gasteiger partial charge in [0.05, 0.1) is 12.2 Å². The van der Waals surface area contributed by atoms with E-state index in [1.807, 2.05) is 0 Å². The molecule has 70 valence electrons. The lowest BCUT2D eigenvalue weighted by atomic mass is 10.2. The quantitative estimate of drug-likeness (QED) is 0.657. The number of hydrogen-bond donors (Lipinski definition) is 0. The summed E-state index contributed by atoms with van der Waals surface area (Å²) in [6, 6.07) is 4.64. The second-order valence-corrected chi connectivity index (χ2v) is 3.04. The zero-order chi connectivity index (χ0) is 9.26. The van der Waals surface area contributed by atoms with Gasteiger partial charge in [0.15, 0.2) is 0 Å². The van der Waals surface area contributed by atoms with E-state index >= 15 is 0 Å². The lowest BCUT2D eigenvalue weighted by molar-refractivity contribution is 0.308. The van der Waals surface area contributed by atoms with Crippen molar-refractivity contribution in [3.05, 3.63) is 24.0 Å². The van der Waals surface area contributed by atoms with Crippen molar-refractivity contribution in [2.45, 2.75) is 6.92 Å². The van der Waals surface area contributed by atoms with Crippen LogP contribution in [0.5, 0.6) is 5.75 Å². The van der Waals surface area contributed by atoms with Crippen LogP contribution in [-0.4, -0.2) is 19.7 Å². The lowest BCUT2D eigenvalue weighted by Gasteiger charge is -2.30. The molecular weight excluding hydrogens is 169 g/mol. The normalized spacial score (nSPS) is 15.1. The summed E-state index contributed by atoms with van der Waals surface area (Å²) >= 11 is 0. The molecule has 1 aromatic carbocycles. The third-order valence-electron chi connectivity index (χ3n) is 2.26. The molecule has 3 heteroatoms. The van der Waals surface area contributed by atoms with Crippen LogP contribution >= 0.6 is 0 Å². The molecule has 0 atom stereocenters. The highest BCUT2D eigenvalue weighted by molar-refractivity contribution is 5.59. The molecule has 0 bridgehead atoms. The number of benzene rings is 1. The minimum atomic E-state index is -0.206. The summed E-state index contributed by atoms with van der Waals surface area (Å²) in [6.45, 7) is 4.47. The third kappa shape index (κ3) is 1.46. The summed E-state index contributed by atoms with van der Waals surface area (Å²) in [5, 5.41) is 0. The summed E-state index contributed by atoms with van der Waals surface area (Å²) < 4.78 is 18.3. The van der Waals surface area contributed by atoms with Gasteiger partial charge in [-0.3, -0.25) is 0 Å². The number of likely N-dealkylation sites (N-methyl/N-ethyl adjacent to an activating group) is 1. The third-order valence-corrected chi connectivity index (χ3v) is 2.26. The number of hydrogen-bond acceptors (Lipinski definition) is 2. The van der Waals surface area contributed by atoms with E-state index in [0.717, 1.165) is 24.5 Å². The SMILES string of the molecule is CCN1CCOc2ccc(F)cc21. The molecule has 13 heavy (non-hydrogen) atoms. The minimum absolute atomic E-state index is 0.206. The number of rotatable bonds is 1. The summed E-state index contributed by atoms with van der Waals surface area (Å²) in [4.78, 5) is 2.11. The van der Waals surface area contributed by atoms with Gasteiger partial charge in [-0.1, -0.05) is 0 Å². The molecule has 2 nitrogen and oxygen atoms in total. The minimum Gasteiger partial charge on any atom is -0.490 e. The molecule has 1 aromatic rings. The molecule has 2 rings (SSSR count). The van der Waals surface area contributed by atoms with Gasteiger partial charge in [-0.25, -0.2) is 4.39 Å². The van der Waals surface area contributed by atoms with Gasteiger partial charge in [-0.15, -0.1) is 0 Å². The number of fused-ring (bicyclic) bond motifs is 1. The maximum atomic E-state index is 12.9. The predicted molar refractivity (Wildman–Crippen MR) is 49.8 cm³/mol. The van der Waals surface area contributed by atoms with Crippen LogP contribution in [0.2, 0.25) is 0 Å². The van der Waals surface area contributed by atoms with Gasteiger partial charge in [0.25, 0.3) is 0 Å². The van der Waals surface area contributed by atoms with Crippen LogP contribution < -0.4 is 9.64 Å². The largest absolute Gasteiger partial charge is 0.490 e. The van der Waals surface area contributed by atoms with E-state index in [2.05, 4.69) is 11.8 Å². The number of ether oxygens (including phenoxy) is 1. The van der Waals surface area contributed by atoms with Crippen LogP contribution in [0, 0.1) is 5.82 Å². The molecule has 0 spiro atoms. The molecule has 0 unspecified atom stereocenters. The zero-order valence-corrected chi connectivity index (χ0v) is 7.59. The first-order valence-electron chi connectivity index (χ1n) is 4.48. The van der Waals surface area contributed by atoms with E-state index < -0.39 is 0 Å². The Morgan fingerprint density at radius 3 is 3.15 bits per heavy atom. The van der Waals surface area contributed by atoms with E-state index in [0.29, 0.717) is 6.61 Å². The van der Waals surface area contributed by atoms with E-state index in [1.54, 1.807) is 6.07 Å². The first-order valence-corrected chi connectivity index (χ1v) is 4.48. The van der Waals surface area contributed by atoms with Crippen molar-refractivity contribution < 1.29 is 9.13 Å². The molecule has 0 saturated carbocycles. The van der Waals surface area contributed by atoms with Gasteiger partial charge in [0.2, 0.25) is 0 Å². The number of nitrogens with zero attached hydrogens (tertiary/aromatic N) is 1. The molecule has 0 amide bonds. The lowest BCUT2D eigenvalue weighted by Crippen LogP contribution is -2.32. The van der Waals surface area contributed by atoms with E-state index in [9.17, 15) is 4.39 Å². The standard InChI is InChI=1S/C10H12FNO/c1-2-12-5-6-13-10-4-3-8(11)7-9(10)12/h3-4,7H,2,5-6H2,1H3. The second-order valence-electron chi connectivity index (χ2n) is 3.04. The maximum absolute atomic E-state index is 12.9. The summed E-state index contributed by atoms with van der Waals surface area (Å²) in [5.74, 6) is 0.581. The van der Waals surface area contributed by atoms with Crippen molar-refractivity contribution >= 4 is 5.69 Å².